The van der Waals surface area contributed by atoms with Crippen LogP contribution in [0.1, 0.15) is 12.1 Å². The van der Waals surface area contributed by atoms with Crippen molar-refractivity contribution in [2.75, 3.05) is 13.2 Å². The lowest BCUT2D eigenvalue weighted by molar-refractivity contribution is -0.386. The van der Waals surface area contributed by atoms with Gasteiger partial charge in [-0.2, -0.15) is 0 Å². The van der Waals surface area contributed by atoms with Gasteiger partial charge in [0, 0.05) is 25.1 Å². The molecule has 1 aromatic rings. The van der Waals surface area contributed by atoms with Crippen molar-refractivity contribution in [1.29, 1.82) is 0 Å². The Morgan fingerprint density at radius 2 is 2.25 bits per heavy atom. The first kappa shape index (κ1) is 11.0. The fourth-order valence-corrected chi connectivity index (χ4v) is 1.62. The Kier molecular flexibility index (Phi) is 3.43. The van der Waals surface area contributed by atoms with E-state index in [2.05, 4.69) is 4.98 Å². The number of hydrogen-bond donors (Lipinski definition) is 0. The Hall–Kier alpha value is -1.53. The lowest BCUT2D eigenvalue weighted by Crippen LogP contribution is -2.10. The maximum Gasteiger partial charge on any atom is 0.290 e. The molecule has 1 aliphatic heterocycles. The van der Waals surface area contributed by atoms with E-state index >= 15 is 0 Å². The molecule has 0 unspecified atom stereocenters. The average molecular weight is 224 g/mol. The van der Waals surface area contributed by atoms with Crippen LogP contribution >= 0.6 is 0 Å². The fourth-order valence-electron chi connectivity index (χ4n) is 1.62. The minimum atomic E-state index is -0.418. The first-order valence-electron chi connectivity index (χ1n) is 5.09. The highest BCUT2D eigenvalue weighted by molar-refractivity contribution is 5.34. The van der Waals surface area contributed by atoms with E-state index in [1.165, 1.54) is 6.07 Å². The summed E-state index contributed by atoms with van der Waals surface area (Å²) < 4.78 is 10.5. The SMILES string of the molecule is O=[N+]([O-])c1cccnc1CCC1OCCO1. The molecule has 0 N–H and O–H groups in total. The number of pyridine rings is 1. The average Bonchev–Trinajstić information content (AvgIpc) is 2.79. The van der Waals surface area contributed by atoms with Crippen LogP contribution in [-0.2, 0) is 15.9 Å². The Bertz CT molecular complexity index is 377. The summed E-state index contributed by atoms with van der Waals surface area (Å²) in [6.07, 6.45) is 2.39. The van der Waals surface area contributed by atoms with E-state index in [9.17, 15) is 10.1 Å². The van der Waals surface area contributed by atoms with Crippen molar-refractivity contribution in [2.24, 2.45) is 0 Å². The molecule has 6 heteroatoms. The number of rotatable bonds is 4. The van der Waals surface area contributed by atoms with Gasteiger partial charge in [0.25, 0.3) is 5.69 Å². The van der Waals surface area contributed by atoms with Gasteiger partial charge in [-0.15, -0.1) is 0 Å². The summed E-state index contributed by atoms with van der Waals surface area (Å²) in [4.78, 5) is 14.3. The van der Waals surface area contributed by atoms with Crippen LogP contribution in [-0.4, -0.2) is 29.4 Å². The van der Waals surface area contributed by atoms with Gasteiger partial charge < -0.3 is 9.47 Å². The summed E-state index contributed by atoms with van der Waals surface area (Å²) in [6.45, 7) is 1.18. The quantitative estimate of drug-likeness (QED) is 0.569. The van der Waals surface area contributed by atoms with E-state index in [1.807, 2.05) is 0 Å². The number of hydrogen-bond acceptors (Lipinski definition) is 5. The molecule has 1 aromatic heterocycles. The van der Waals surface area contributed by atoms with Crippen molar-refractivity contribution in [2.45, 2.75) is 19.1 Å². The highest BCUT2D eigenvalue weighted by atomic mass is 16.7. The first-order chi connectivity index (χ1) is 7.77. The lowest BCUT2D eigenvalue weighted by atomic mass is 10.2. The standard InChI is InChI=1S/C10H12N2O4/c13-12(14)9-2-1-5-11-8(9)3-4-10-15-6-7-16-10/h1-2,5,10H,3-4,6-7H2. The van der Waals surface area contributed by atoms with Gasteiger partial charge in [0.2, 0.25) is 0 Å². The summed E-state index contributed by atoms with van der Waals surface area (Å²) in [5.41, 5.74) is 0.534. The number of aryl methyl sites for hydroxylation is 1. The molecule has 2 rings (SSSR count). The van der Waals surface area contributed by atoms with E-state index in [-0.39, 0.29) is 12.0 Å². The Morgan fingerprint density at radius 3 is 2.94 bits per heavy atom. The van der Waals surface area contributed by atoms with E-state index in [1.54, 1.807) is 12.3 Å². The summed E-state index contributed by atoms with van der Waals surface area (Å²) in [5, 5.41) is 10.7. The van der Waals surface area contributed by atoms with Gasteiger partial charge in [-0.3, -0.25) is 15.1 Å². The largest absolute Gasteiger partial charge is 0.350 e. The minimum absolute atomic E-state index is 0.0560. The molecule has 0 radical (unpaired) electrons. The molecular weight excluding hydrogens is 212 g/mol. The predicted octanol–water partition coefficient (Wildman–Crippen LogP) is 1.30. The van der Waals surface area contributed by atoms with Crippen LogP contribution in [0.5, 0.6) is 0 Å². The zero-order valence-electron chi connectivity index (χ0n) is 8.67. The highest BCUT2D eigenvalue weighted by Crippen LogP contribution is 2.19. The zero-order chi connectivity index (χ0) is 11.4. The molecule has 1 saturated heterocycles. The van der Waals surface area contributed by atoms with Crippen molar-refractivity contribution in [3.8, 4) is 0 Å². The third-order valence-electron chi connectivity index (χ3n) is 2.37. The smallest absolute Gasteiger partial charge is 0.290 e. The molecule has 0 amide bonds. The van der Waals surface area contributed by atoms with Crippen LogP contribution in [0.3, 0.4) is 0 Å². The molecule has 16 heavy (non-hydrogen) atoms. The molecule has 2 heterocycles. The molecule has 0 aromatic carbocycles. The third kappa shape index (κ3) is 2.53. The van der Waals surface area contributed by atoms with Crippen LogP contribution in [0.4, 0.5) is 5.69 Å². The van der Waals surface area contributed by atoms with Gasteiger partial charge in [-0.05, 0) is 6.07 Å². The van der Waals surface area contributed by atoms with Gasteiger partial charge in [0.1, 0.15) is 5.69 Å². The molecule has 1 fully saturated rings. The van der Waals surface area contributed by atoms with Gasteiger partial charge in [-0.25, -0.2) is 0 Å². The molecule has 1 aliphatic rings. The monoisotopic (exact) mass is 224 g/mol. The number of nitrogens with zero attached hydrogens (tertiary/aromatic N) is 2. The van der Waals surface area contributed by atoms with Crippen molar-refractivity contribution in [1.82, 2.24) is 4.98 Å². The summed E-state index contributed by atoms with van der Waals surface area (Å²) in [6, 6.07) is 3.02. The normalized spacial score (nSPS) is 16.5. The van der Waals surface area contributed by atoms with Crippen molar-refractivity contribution in [3.05, 3.63) is 34.1 Å². The molecule has 6 nitrogen and oxygen atoms in total. The first-order valence-corrected chi connectivity index (χ1v) is 5.09. The van der Waals surface area contributed by atoms with Crippen LogP contribution in [0.15, 0.2) is 18.3 Å². The Labute approximate surface area is 92.3 Å². The molecule has 0 atom stereocenters. The van der Waals surface area contributed by atoms with Gasteiger partial charge >= 0.3 is 0 Å². The minimum Gasteiger partial charge on any atom is -0.350 e. The lowest BCUT2D eigenvalue weighted by Gasteiger charge is -2.07. The molecule has 86 valence electrons. The molecular formula is C10H12N2O4. The topological polar surface area (TPSA) is 74.5 Å². The molecule has 0 aliphatic carbocycles. The summed E-state index contributed by atoms with van der Waals surface area (Å²) in [7, 11) is 0. The zero-order valence-corrected chi connectivity index (χ0v) is 8.67. The van der Waals surface area contributed by atoms with Crippen LogP contribution in [0, 0.1) is 10.1 Å². The van der Waals surface area contributed by atoms with Crippen LogP contribution < -0.4 is 0 Å². The van der Waals surface area contributed by atoms with E-state index in [0.29, 0.717) is 31.7 Å². The summed E-state index contributed by atoms with van der Waals surface area (Å²) >= 11 is 0. The second kappa shape index (κ2) is 5.00. The highest BCUT2D eigenvalue weighted by Gasteiger charge is 2.19. The van der Waals surface area contributed by atoms with Gasteiger partial charge in [0.05, 0.1) is 18.1 Å². The number of nitro groups is 1. The van der Waals surface area contributed by atoms with Crippen LogP contribution in [0.2, 0.25) is 0 Å². The van der Waals surface area contributed by atoms with E-state index in [0.717, 1.165) is 0 Å². The van der Waals surface area contributed by atoms with Crippen molar-refractivity contribution in [3.63, 3.8) is 0 Å². The Morgan fingerprint density at radius 1 is 1.50 bits per heavy atom. The van der Waals surface area contributed by atoms with Crippen molar-refractivity contribution < 1.29 is 14.4 Å². The van der Waals surface area contributed by atoms with Gasteiger partial charge in [0.15, 0.2) is 6.29 Å². The summed E-state index contributed by atoms with van der Waals surface area (Å²) in [5.74, 6) is 0. The molecule has 0 bridgehead atoms. The number of ether oxygens (including phenoxy) is 2. The Balaban J connectivity index is 2.00. The molecule has 0 saturated carbocycles. The van der Waals surface area contributed by atoms with E-state index < -0.39 is 4.92 Å². The van der Waals surface area contributed by atoms with Gasteiger partial charge in [-0.1, -0.05) is 0 Å². The van der Waals surface area contributed by atoms with Crippen molar-refractivity contribution >= 4 is 5.69 Å². The van der Waals surface area contributed by atoms with E-state index in [4.69, 9.17) is 9.47 Å². The second-order valence-corrected chi connectivity index (χ2v) is 3.44. The molecule has 0 spiro atoms. The maximum atomic E-state index is 10.7. The third-order valence-corrected chi connectivity index (χ3v) is 2.37. The van der Waals surface area contributed by atoms with Crippen LogP contribution in [0.25, 0.3) is 0 Å². The predicted molar refractivity (Wildman–Crippen MR) is 54.9 cm³/mol. The fraction of sp³-hybridized carbons (Fsp3) is 0.500. The second-order valence-electron chi connectivity index (χ2n) is 3.44. The number of aromatic nitrogens is 1. The maximum absolute atomic E-state index is 10.7.